The van der Waals surface area contributed by atoms with Gasteiger partial charge in [-0.1, -0.05) is 37.6 Å². The summed E-state index contributed by atoms with van der Waals surface area (Å²) in [6.07, 6.45) is 0.899. The molecular formula is C17H24ClIN4S. The molecule has 0 saturated carbocycles. The number of hydrogen-bond donors (Lipinski definition) is 2. The molecule has 0 atom stereocenters. The maximum Gasteiger partial charge on any atom is 0.191 e. The van der Waals surface area contributed by atoms with E-state index in [0.717, 1.165) is 34.6 Å². The molecular weight excluding hydrogens is 455 g/mol. The number of benzene rings is 1. The van der Waals surface area contributed by atoms with Crippen LogP contribution in [0.4, 0.5) is 0 Å². The monoisotopic (exact) mass is 478 g/mol. The van der Waals surface area contributed by atoms with Crippen molar-refractivity contribution >= 4 is 52.9 Å². The Kier molecular flexibility index (Phi) is 9.61. The Bertz CT molecular complexity index is 658. The van der Waals surface area contributed by atoms with Crippen molar-refractivity contribution < 1.29 is 0 Å². The summed E-state index contributed by atoms with van der Waals surface area (Å²) < 4.78 is 0. The molecule has 7 heteroatoms. The van der Waals surface area contributed by atoms with Crippen LogP contribution in [0.15, 0.2) is 34.6 Å². The number of aliphatic imine (C=N–C) groups is 1. The predicted octanol–water partition coefficient (Wildman–Crippen LogP) is 4.45. The lowest BCUT2D eigenvalue weighted by Crippen LogP contribution is -2.37. The van der Waals surface area contributed by atoms with Crippen molar-refractivity contribution in [1.82, 2.24) is 15.6 Å². The van der Waals surface area contributed by atoms with Crippen LogP contribution in [0.1, 0.15) is 36.0 Å². The molecule has 0 radical (unpaired) electrons. The molecule has 1 aromatic heterocycles. The van der Waals surface area contributed by atoms with Crippen LogP contribution < -0.4 is 10.6 Å². The second-order valence-electron chi connectivity index (χ2n) is 5.55. The fourth-order valence-electron chi connectivity index (χ4n) is 2.07. The third-order valence-corrected chi connectivity index (χ3v) is 4.49. The van der Waals surface area contributed by atoms with E-state index < -0.39 is 0 Å². The molecule has 0 amide bonds. The van der Waals surface area contributed by atoms with Crippen LogP contribution in [-0.4, -0.2) is 24.5 Å². The molecule has 0 spiro atoms. The molecule has 2 rings (SSSR count). The van der Waals surface area contributed by atoms with Crippen molar-refractivity contribution in [2.45, 2.75) is 32.7 Å². The second kappa shape index (κ2) is 10.9. The fourth-order valence-corrected chi connectivity index (χ4v) is 3.18. The Morgan fingerprint density at radius 2 is 2.12 bits per heavy atom. The standard InChI is InChI=1S/C17H23ClN4S.HI/c1-12(2)15-11-23-16(22-15)10-21-17(19-3)20-8-7-13-5-4-6-14(18)9-13;/h4-6,9,11-12H,7-8,10H2,1-3H3,(H2,19,20,21);1H. The van der Waals surface area contributed by atoms with Gasteiger partial charge in [-0.05, 0) is 30.0 Å². The van der Waals surface area contributed by atoms with E-state index in [0.29, 0.717) is 12.5 Å². The molecule has 24 heavy (non-hydrogen) atoms. The Morgan fingerprint density at radius 1 is 1.33 bits per heavy atom. The number of guanidine groups is 1. The minimum absolute atomic E-state index is 0. The highest BCUT2D eigenvalue weighted by atomic mass is 127. The molecule has 0 aliphatic rings. The molecule has 1 heterocycles. The van der Waals surface area contributed by atoms with Crippen LogP contribution in [0, 0.1) is 0 Å². The Hall–Kier alpha value is -0.860. The van der Waals surface area contributed by atoms with Crippen molar-refractivity contribution in [2.24, 2.45) is 4.99 Å². The molecule has 0 fully saturated rings. The number of thiazole rings is 1. The lowest BCUT2D eigenvalue weighted by molar-refractivity contribution is 0.778. The molecule has 0 unspecified atom stereocenters. The van der Waals surface area contributed by atoms with Crippen molar-refractivity contribution in [3.8, 4) is 0 Å². The van der Waals surface area contributed by atoms with Crippen molar-refractivity contribution in [3.63, 3.8) is 0 Å². The van der Waals surface area contributed by atoms with Gasteiger partial charge in [-0.25, -0.2) is 4.98 Å². The third kappa shape index (κ3) is 6.94. The molecule has 1 aromatic carbocycles. The smallest absolute Gasteiger partial charge is 0.191 e. The first-order valence-corrected chi connectivity index (χ1v) is 8.97. The maximum atomic E-state index is 5.99. The summed E-state index contributed by atoms with van der Waals surface area (Å²) in [5.41, 5.74) is 2.36. The number of nitrogens with zero attached hydrogens (tertiary/aromatic N) is 2. The summed E-state index contributed by atoms with van der Waals surface area (Å²) in [6.45, 7) is 5.80. The van der Waals surface area contributed by atoms with Gasteiger partial charge < -0.3 is 10.6 Å². The van der Waals surface area contributed by atoms with E-state index in [1.807, 2.05) is 18.2 Å². The maximum absolute atomic E-state index is 5.99. The SMILES string of the molecule is CN=C(NCCc1cccc(Cl)c1)NCc1nc(C(C)C)cs1.I. The molecule has 4 nitrogen and oxygen atoms in total. The first kappa shape index (κ1) is 21.2. The lowest BCUT2D eigenvalue weighted by atomic mass is 10.1. The van der Waals surface area contributed by atoms with E-state index >= 15 is 0 Å². The van der Waals surface area contributed by atoms with Crippen LogP contribution in [0.5, 0.6) is 0 Å². The van der Waals surface area contributed by atoms with Gasteiger partial charge >= 0.3 is 0 Å². The largest absolute Gasteiger partial charge is 0.356 e. The van der Waals surface area contributed by atoms with Crippen LogP contribution in [0.3, 0.4) is 0 Å². The Labute approximate surface area is 170 Å². The molecule has 2 N–H and O–H groups in total. The van der Waals surface area contributed by atoms with Gasteiger partial charge in [0.25, 0.3) is 0 Å². The lowest BCUT2D eigenvalue weighted by Gasteiger charge is -2.11. The molecule has 0 saturated heterocycles. The number of aromatic nitrogens is 1. The van der Waals surface area contributed by atoms with Crippen LogP contribution >= 0.6 is 46.9 Å². The van der Waals surface area contributed by atoms with E-state index in [1.54, 1.807) is 18.4 Å². The van der Waals surface area contributed by atoms with Crippen molar-refractivity contribution in [1.29, 1.82) is 0 Å². The van der Waals surface area contributed by atoms with E-state index in [-0.39, 0.29) is 24.0 Å². The number of hydrogen-bond acceptors (Lipinski definition) is 3. The highest BCUT2D eigenvalue weighted by Crippen LogP contribution is 2.17. The van der Waals surface area contributed by atoms with E-state index in [9.17, 15) is 0 Å². The van der Waals surface area contributed by atoms with Gasteiger partial charge in [0.2, 0.25) is 0 Å². The minimum Gasteiger partial charge on any atom is -0.356 e. The van der Waals surface area contributed by atoms with Gasteiger partial charge in [0, 0.05) is 24.0 Å². The average Bonchev–Trinajstić information content (AvgIpc) is 3.00. The first-order valence-electron chi connectivity index (χ1n) is 7.71. The molecule has 132 valence electrons. The van der Waals surface area contributed by atoms with Crippen molar-refractivity contribution in [2.75, 3.05) is 13.6 Å². The summed E-state index contributed by atoms with van der Waals surface area (Å²) in [7, 11) is 1.77. The van der Waals surface area contributed by atoms with E-state index in [4.69, 9.17) is 11.6 Å². The average molecular weight is 479 g/mol. The number of halogens is 2. The highest BCUT2D eigenvalue weighted by molar-refractivity contribution is 14.0. The fraction of sp³-hybridized carbons (Fsp3) is 0.412. The predicted molar refractivity (Wildman–Crippen MR) is 115 cm³/mol. The van der Waals surface area contributed by atoms with Gasteiger partial charge in [0.15, 0.2) is 5.96 Å². The molecule has 0 bridgehead atoms. The van der Waals surface area contributed by atoms with Crippen LogP contribution in [0.25, 0.3) is 0 Å². The minimum atomic E-state index is 0. The quantitative estimate of drug-likeness (QED) is 0.366. The Morgan fingerprint density at radius 3 is 2.75 bits per heavy atom. The Balaban J connectivity index is 0.00000288. The zero-order chi connectivity index (χ0) is 16.7. The van der Waals surface area contributed by atoms with E-state index in [1.165, 1.54) is 5.56 Å². The first-order chi connectivity index (χ1) is 11.1. The van der Waals surface area contributed by atoms with E-state index in [2.05, 4.69) is 45.9 Å². The highest BCUT2D eigenvalue weighted by Gasteiger charge is 2.06. The summed E-state index contributed by atoms with van der Waals surface area (Å²) in [4.78, 5) is 8.85. The summed E-state index contributed by atoms with van der Waals surface area (Å²) in [5.74, 6) is 1.25. The molecule has 0 aliphatic heterocycles. The van der Waals surface area contributed by atoms with Crippen LogP contribution in [0.2, 0.25) is 5.02 Å². The molecule has 2 aromatic rings. The van der Waals surface area contributed by atoms with Crippen molar-refractivity contribution in [3.05, 3.63) is 50.9 Å². The zero-order valence-electron chi connectivity index (χ0n) is 14.2. The van der Waals surface area contributed by atoms with Gasteiger partial charge in [-0.2, -0.15) is 0 Å². The van der Waals surface area contributed by atoms with Gasteiger partial charge in [0.1, 0.15) is 5.01 Å². The number of nitrogens with one attached hydrogen (secondary N) is 2. The van der Waals surface area contributed by atoms with Gasteiger partial charge in [0.05, 0.1) is 12.2 Å². The second-order valence-corrected chi connectivity index (χ2v) is 6.93. The topological polar surface area (TPSA) is 49.3 Å². The molecule has 0 aliphatic carbocycles. The number of rotatable bonds is 6. The summed E-state index contributed by atoms with van der Waals surface area (Å²) in [5, 5.41) is 10.6. The van der Waals surface area contributed by atoms with Gasteiger partial charge in [-0.3, -0.25) is 4.99 Å². The normalized spacial score (nSPS) is 11.3. The van der Waals surface area contributed by atoms with Crippen LogP contribution in [-0.2, 0) is 13.0 Å². The third-order valence-electron chi connectivity index (χ3n) is 3.39. The summed E-state index contributed by atoms with van der Waals surface area (Å²) in [6, 6.07) is 7.92. The zero-order valence-corrected chi connectivity index (χ0v) is 18.1. The van der Waals surface area contributed by atoms with Gasteiger partial charge in [-0.15, -0.1) is 35.3 Å². The summed E-state index contributed by atoms with van der Waals surface area (Å²) >= 11 is 7.67.